The molecule has 2 saturated heterocycles. The van der Waals surface area contributed by atoms with Crippen molar-refractivity contribution in [3.05, 3.63) is 44.5 Å². The van der Waals surface area contributed by atoms with Gasteiger partial charge in [0.25, 0.3) is 5.91 Å². The van der Waals surface area contributed by atoms with Crippen LogP contribution in [-0.2, 0) is 14.3 Å². The maximum absolute atomic E-state index is 13.6. The lowest BCUT2D eigenvalue weighted by Gasteiger charge is -2.30. The number of aromatic amines is 2. The number of ketones is 1. The number of halogens is 1. The van der Waals surface area contributed by atoms with E-state index in [9.17, 15) is 24.0 Å². The first-order valence-corrected chi connectivity index (χ1v) is 11.4. The number of Topliss-reactive ketones (excluding diaryl/α,β-unsaturated/α-hetero) is 1. The Labute approximate surface area is 192 Å². The number of carbonyl (C=O) groups is 3. The van der Waals surface area contributed by atoms with Gasteiger partial charge in [0.05, 0.1) is 16.4 Å². The van der Waals surface area contributed by atoms with E-state index >= 15 is 0 Å². The molecule has 1 saturated carbocycles. The van der Waals surface area contributed by atoms with Crippen molar-refractivity contribution in [1.82, 2.24) is 20.2 Å². The molecule has 3 fully saturated rings. The molecule has 3 N–H and O–H groups in total. The van der Waals surface area contributed by atoms with Crippen LogP contribution in [0.15, 0.2) is 27.8 Å². The first-order chi connectivity index (χ1) is 15.8. The number of carbonyl (C=O) groups excluding carboxylic acids is 3. The lowest BCUT2D eigenvalue weighted by atomic mass is 9.95. The standard InChI is InChI=1S/C22H23ClN4O6/c23-12-8-27(17-15(28)9-33-18(12)17)22(32)16(10-3-1-2-4-10)26-19(29)11-5-6-13-14(7-11)25-21(31)20(30)24-13/h5-7,10,12,16-18H,1-4,8-9H2,(H,24,30)(H,25,31)(H,26,29)/t12-,16-,17+,18+/m0/s1. The van der Waals surface area contributed by atoms with Crippen molar-refractivity contribution in [2.45, 2.75) is 49.2 Å². The number of ether oxygens (including phenoxy) is 1. The number of aromatic nitrogens is 2. The Kier molecular flexibility index (Phi) is 5.57. The zero-order valence-corrected chi connectivity index (χ0v) is 18.4. The summed E-state index contributed by atoms with van der Waals surface area (Å²) in [5, 5.41) is 2.38. The van der Waals surface area contributed by atoms with Crippen LogP contribution in [0.2, 0.25) is 0 Å². The van der Waals surface area contributed by atoms with Crippen molar-refractivity contribution in [1.29, 1.82) is 0 Å². The Bertz CT molecular complexity index is 1250. The third-order valence-corrected chi connectivity index (χ3v) is 7.20. The van der Waals surface area contributed by atoms with Crippen LogP contribution in [-0.4, -0.2) is 69.2 Å². The first kappa shape index (κ1) is 21.8. The minimum Gasteiger partial charge on any atom is -0.366 e. The number of nitrogens with zero attached hydrogens (tertiary/aromatic N) is 1. The number of benzene rings is 1. The van der Waals surface area contributed by atoms with Crippen molar-refractivity contribution in [2.24, 2.45) is 5.92 Å². The molecule has 11 heteroatoms. The number of hydrogen-bond acceptors (Lipinski definition) is 6. The normalized spacial score (nSPS) is 26.0. The van der Waals surface area contributed by atoms with Crippen molar-refractivity contribution in [3.8, 4) is 0 Å². The molecule has 0 unspecified atom stereocenters. The van der Waals surface area contributed by atoms with E-state index in [1.165, 1.54) is 23.1 Å². The SMILES string of the molecule is O=C(N[C@H](C(=O)N1C[C@H](Cl)[C@H]2OCC(=O)[C@H]21)C1CCCC1)c1ccc2[nH]c(=O)c(=O)[nH]c2c1. The minimum absolute atomic E-state index is 0.0525. The maximum Gasteiger partial charge on any atom is 0.314 e. The fourth-order valence-corrected chi connectivity index (χ4v) is 5.51. The van der Waals surface area contributed by atoms with Crippen LogP contribution in [0.4, 0.5) is 0 Å². The van der Waals surface area contributed by atoms with Gasteiger partial charge < -0.3 is 24.9 Å². The first-order valence-electron chi connectivity index (χ1n) is 11.0. The molecule has 3 heterocycles. The maximum atomic E-state index is 13.6. The molecule has 10 nitrogen and oxygen atoms in total. The third-order valence-electron chi connectivity index (χ3n) is 6.81. The molecule has 5 rings (SSSR count). The molecule has 4 atom stereocenters. The second-order valence-corrected chi connectivity index (χ2v) is 9.42. The van der Waals surface area contributed by atoms with Gasteiger partial charge in [-0.05, 0) is 37.0 Å². The predicted octanol–water partition coefficient (Wildman–Crippen LogP) is 0.291. The quantitative estimate of drug-likeness (QED) is 0.429. The van der Waals surface area contributed by atoms with E-state index in [4.69, 9.17) is 16.3 Å². The molecule has 1 aliphatic carbocycles. The average Bonchev–Trinajstić information content (AvgIpc) is 3.52. The van der Waals surface area contributed by atoms with Crippen LogP contribution >= 0.6 is 11.6 Å². The number of rotatable bonds is 4. The molecule has 1 aromatic carbocycles. The fourth-order valence-electron chi connectivity index (χ4n) is 5.16. The zero-order chi connectivity index (χ0) is 23.3. The molecule has 2 aromatic rings. The lowest BCUT2D eigenvalue weighted by molar-refractivity contribution is -0.139. The number of likely N-dealkylation sites (tertiary alicyclic amines) is 1. The minimum atomic E-state index is -0.818. The Morgan fingerprint density at radius 1 is 1.09 bits per heavy atom. The van der Waals surface area contributed by atoms with Crippen molar-refractivity contribution < 1.29 is 19.1 Å². The summed E-state index contributed by atoms with van der Waals surface area (Å²) in [6.45, 7) is 0.116. The molecule has 0 bridgehead atoms. The van der Waals surface area contributed by atoms with Crippen molar-refractivity contribution >= 4 is 40.2 Å². The van der Waals surface area contributed by atoms with E-state index in [1.54, 1.807) is 0 Å². The van der Waals surface area contributed by atoms with Crippen LogP contribution in [0.3, 0.4) is 0 Å². The topological polar surface area (TPSA) is 141 Å². The van der Waals surface area contributed by atoms with Crippen molar-refractivity contribution in [3.63, 3.8) is 0 Å². The molecule has 2 aliphatic heterocycles. The second-order valence-electron chi connectivity index (χ2n) is 8.86. The molecular weight excluding hydrogens is 452 g/mol. The number of amides is 2. The van der Waals surface area contributed by atoms with E-state index in [0.717, 1.165) is 25.7 Å². The summed E-state index contributed by atoms with van der Waals surface area (Å²) in [4.78, 5) is 68.6. The van der Waals surface area contributed by atoms with E-state index in [0.29, 0.717) is 11.0 Å². The van der Waals surface area contributed by atoms with E-state index in [1.807, 2.05) is 0 Å². The molecule has 33 heavy (non-hydrogen) atoms. The summed E-state index contributed by atoms with van der Waals surface area (Å²) in [6.07, 6.45) is 2.98. The van der Waals surface area contributed by atoms with Gasteiger partial charge in [-0.2, -0.15) is 0 Å². The largest absolute Gasteiger partial charge is 0.366 e. The van der Waals surface area contributed by atoms with Gasteiger partial charge in [-0.15, -0.1) is 11.6 Å². The Balaban J connectivity index is 1.42. The summed E-state index contributed by atoms with van der Waals surface area (Å²) in [5.41, 5.74) is -0.677. The van der Waals surface area contributed by atoms with Crippen LogP contribution in [0.5, 0.6) is 0 Å². The average molecular weight is 475 g/mol. The zero-order valence-electron chi connectivity index (χ0n) is 17.6. The smallest absolute Gasteiger partial charge is 0.314 e. The van der Waals surface area contributed by atoms with Gasteiger partial charge in [-0.3, -0.25) is 24.0 Å². The summed E-state index contributed by atoms with van der Waals surface area (Å²) >= 11 is 6.35. The van der Waals surface area contributed by atoms with Gasteiger partial charge >= 0.3 is 11.1 Å². The third kappa shape index (κ3) is 3.87. The molecular formula is C22H23ClN4O6. The van der Waals surface area contributed by atoms with E-state index in [-0.39, 0.29) is 36.3 Å². The highest BCUT2D eigenvalue weighted by Crippen LogP contribution is 2.34. The number of fused-ring (bicyclic) bond motifs is 2. The fraction of sp³-hybridized carbons (Fsp3) is 0.500. The van der Waals surface area contributed by atoms with Gasteiger partial charge in [0, 0.05) is 12.1 Å². The van der Waals surface area contributed by atoms with Gasteiger partial charge in [0.1, 0.15) is 24.8 Å². The highest BCUT2D eigenvalue weighted by atomic mass is 35.5. The van der Waals surface area contributed by atoms with Crippen LogP contribution in [0, 0.1) is 5.92 Å². The summed E-state index contributed by atoms with van der Waals surface area (Å²) < 4.78 is 5.48. The molecule has 0 spiro atoms. The van der Waals surface area contributed by atoms with Gasteiger partial charge in [0.15, 0.2) is 5.78 Å². The van der Waals surface area contributed by atoms with Gasteiger partial charge in [-0.25, -0.2) is 0 Å². The predicted molar refractivity (Wildman–Crippen MR) is 118 cm³/mol. The van der Waals surface area contributed by atoms with Gasteiger partial charge in [0.2, 0.25) is 5.91 Å². The van der Waals surface area contributed by atoms with Crippen molar-refractivity contribution in [2.75, 3.05) is 13.2 Å². The number of H-pyrrole nitrogens is 2. The molecule has 2 amide bonds. The summed E-state index contributed by atoms with van der Waals surface area (Å²) in [5.74, 6) is -1.05. The Morgan fingerprint density at radius 3 is 2.52 bits per heavy atom. The van der Waals surface area contributed by atoms with Crippen LogP contribution in [0.1, 0.15) is 36.0 Å². The van der Waals surface area contributed by atoms with E-state index in [2.05, 4.69) is 15.3 Å². The summed E-state index contributed by atoms with van der Waals surface area (Å²) in [7, 11) is 0. The Morgan fingerprint density at radius 2 is 1.79 bits per heavy atom. The number of alkyl halides is 1. The summed E-state index contributed by atoms with van der Waals surface area (Å²) in [6, 6.07) is 2.96. The monoisotopic (exact) mass is 474 g/mol. The van der Waals surface area contributed by atoms with Crippen LogP contribution < -0.4 is 16.4 Å². The number of nitrogens with one attached hydrogen (secondary N) is 3. The highest BCUT2D eigenvalue weighted by Gasteiger charge is 2.53. The molecule has 174 valence electrons. The van der Waals surface area contributed by atoms with E-state index < -0.39 is 40.6 Å². The lowest BCUT2D eigenvalue weighted by Crippen LogP contribution is -2.54. The second kappa shape index (κ2) is 8.42. The van der Waals surface area contributed by atoms with Gasteiger partial charge in [-0.1, -0.05) is 12.8 Å². The highest BCUT2D eigenvalue weighted by molar-refractivity contribution is 6.22. The number of hydrogen-bond donors (Lipinski definition) is 3. The molecule has 1 aromatic heterocycles. The molecule has 0 radical (unpaired) electrons. The van der Waals surface area contributed by atoms with Crippen LogP contribution in [0.25, 0.3) is 11.0 Å². The molecule has 3 aliphatic rings. The Hall–Kier alpha value is -2.98.